The predicted octanol–water partition coefficient (Wildman–Crippen LogP) is 3.90. The molecule has 1 aromatic carbocycles. The molecular formula is C15H16F3NO2. The van der Waals surface area contributed by atoms with E-state index >= 15 is 0 Å². The van der Waals surface area contributed by atoms with Gasteiger partial charge in [-0.05, 0) is 25.0 Å². The van der Waals surface area contributed by atoms with Gasteiger partial charge in [-0.25, -0.2) is 0 Å². The number of benzene rings is 1. The molecule has 0 unspecified atom stereocenters. The van der Waals surface area contributed by atoms with Crippen LogP contribution in [-0.4, -0.2) is 17.8 Å². The summed E-state index contributed by atoms with van der Waals surface area (Å²) in [5, 5.41) is 0.337. The van der Waals surface area contributed by atoms with E-state index in [2.05, 4.69) is 4.98 Å². The van der Waals surface area contributed by atoms with Crippen LogP contribution in [0.1, 0.15) is 31.0 Å². The van der Waals surface area contributed by atoms with Crippen LogP contribution in [0.15, 0.2) is 23.0 Å². The maximum absolute atomic E-state index is 12.4. The molecule has 3 nitrogen and oxygen atoms in total. The van der Waals surface area contributed by atoms with Crippen molar-refractivity contribution in [1.29, 1.82) is 0 Å². The summed E-state index contributed by atoms with van der Waals surface area (Å²) in [4.78, 5) is 15.4. The van der Waals surface area contributed by atoms with Crippen molar-refractivity contribution < 1.29 is 17.9 Å². The minimum absolute atomic E-state index is 0.0258. The third-order valence-electron chi connectivity index (χ3n) is 3.20. The molecule has 0 aliphatic carbocycles. The van der Waals surface area contributed by atoms with Crippen LogP contribution in [0.25, 0.3) is 10.9 Å². The van der Waals surface area contributed by atoms with E-state index in [1.54, 1.807) is 13.0 Å². The standard InChI is InChI=1S/C15H16F3NO2/c1-8(2)12-9(3)19-13-10(14(12)20)5-4-6-11(13)21-7-15(16,17)18/h4-6,8H,7H2,1-3H3,(H,19,20). The largest absolute Gasteiger partial charge is 0.482 e. The second-order valence-corrected chi connectivity index (χ2v) is 5.23. The topological polar surface area (TPSA) is 42.1 Å². The van der Waals surface area contributed by atoms with Crippen LogP contribution in [0.5, 0.6) is 5.75 Å². The molecule has 1 aromatic heterocycles. The van der Waals surface area contributed by atoms with Crippen molar-refractivity contribution in [3.05, 3.63) is 39.7 Å². The van der Waals surface area contributed by atoms with E-state index < -0.39 is 12.8 Å². The molecule has 2 aromatic rings. The quantitative estimate of drug-likeness (QED) is 0.934. The van der Waals surface area contributed by atoms with Gasteiger partial charge in [-0.2, -0.15) is 13.2 Å². The number of halogens is 3. The van der Waals surface area contributed by atoms with Crippen molar-refractivity contribution in [3.63, 3.8) is 0 Å². The zero-order valence-electron chi connectivity index (χ0n) is 12.0. The van der Waals surface area contributed by atoms with Crippen molar-refractivity contribution in [3.8, 4) is 5.75 Å². The first-order valence-corrected chi connectivity index (χ1v) is 6.55. The summed E-state index contributed by atoms with van der Waals surface area (Å²) in [5.41, 5.74) is 1.41. The first-order chi connectivity index (χ1) is 9.70. The lowest BCUT2D eigenvalue weighted by Crippen LogP contribution is -2.20. The Kier molecular flexibility index (Phi) is 3.98. The molecule has 0 saturated carbocycles. The number of rotatable bonds is 3. The van der Waals surface area contributed by atoms with Crippen molar-refractivity contribution in [2.45, 2.75) is 32.9 Å². The van der Waals surface area contributed by atoms with Gasteiger partial charge in [0, 0.05) is 16.6 Å². The number of fused-ring (bicyclic) bond motifs is 1. The van der Waals surface area contributed by atoms with E-state index in [1.807, 2.05) is 13.8 Å². The molecule has 2 rings (SSSR count). The third-order valence-corrected chi connectivity index (χ3v) is 3.20. The highest BCUT2D eigenvalue weighted by molar-refractivity contribution is 5.85. The summed E-state index contributed by atoms with van der Waals surface area (Å²) in [6.07, 6.45) is -4.42. The lowest BCUT2D eigenvalue weighted by molar-refractivity contribution is -0.153. The minimum Gasteiger partial charge on any atom is -0.482 e. The SMILES string of the molecule is Cc1[nH]c2c(OCC(F)(F)F)cccc2c(=O)c1C(C)C. The van der Waals surface area contributed by atoms with E-state index in [0.717, 1.165) is 0 Å². The Morgan fingerprint density at radius 2 is 1.95 bits per heavy atom. The van der Waals surface area contributed by atoms with Gasteiger partial charge >= 0.3 is 6.18 Å². The summed E-state index contributed by atoms with van der Waals surface area (Å²) in [7, 11) is 0. The first kappa shape index (κ1) is 15.4. The van der Waals surface area contributed by atoms with Crippen LogP contribution in [0, 0.1) is 6.92 Å². The normalized spacial score (nSPS) is 12.1. The zero-order chi connectivity index (χ0) is 15.8. The van der Waals surface area contributed by atoms with E-state index in [4.69, 9.17) is 4.74 Å². The Morgan fingerprint density at radius 3 is 2.52 bits per heavy atom. The second-order valence-electron chi connectivity index (χ2n) is 5.23. The number of hydrogen-bond acceptors (Lipinski definition) is 2. The number of hydrogen-bond donors (Lipinski definition) is 1. The fourth-order valence-electron chi connectivity index (χ4n) is 2.39. The summed E-state index contributed by atoms with van der Waals surface area (Å²) in [6, 6.07) is 4.52. The number of aryl methyl sites for hydroxylation is 1. The molecule has 0 saturated heterocycles. The number of ether oxygens (including phenoxy) is 1. The van der Waals surface area contributed by atoms with Gasteiger partial charge < -0.3 is 9.72 Å². The fourth-order valence-corrected chi connectivity index (χ4v) is 2.39. The van der Waals surface area contributed by atoms with Crippen LogP contribution < -0.4 is 10.2 Å². The Hall–Kier alpha value is -1.98. The summed E-state index contributed by atoms with van der Waals surface area (Å²) in [5.74, 6) is 0.0539. The van der Waals surface area contributed by atoms with Gasteiger partial charge in [-0.3, -0.25) is 4.79 Å². The smallest absolute Gasteiger partial charge is 0.422 e. The molecule has 114 valence electrons. The molecule has 0 aliphatic rings. The second kappa shape index (κ2) is 5.42. The molecule has 0 spiro atoms. The predicted molar refractivity (Wildman–Crippen MR) is 74.9 cm³/mol. The molecule has 0 aliphatic heterocycles. The molecule has 21 heavy (non-hydrogen) atoms. The van der Waals surface area contributed by atoms with Gasteiger partial charge in [0.2, 0.25) is 0 Å². The molecule has 0 fully saturated rings. The van der Waals surface area contributed by atoms with Gasteiger partial charge in [0.25, 0.3) is 0 Å². The molecule has 1 heterocycles. The minimum atomic E-state index is -4.42. The van der Waals surface area contributed by atoms with Gasteiger partial charge in [0.05, 0.1) is 5.52 Å². The Morgan fingerprint density at radius 1 is 1.29 bits per heavy atom. The van der Waals surface area contributed by atoms with Crippen LogP contribution in [0.2, 0.25) is 0 Å². The zero-order valence-corrected chi connectivity index (χ0v) is 12.0. The summed E-state index contributed by atoms with van der Waals surface area (Å²) in [6.45, 7) is 4.14. The summed E-state index contributed by atoms with van der Waals surface area (Å²) < 4.78 is 41.6. The van der Waals surface area contributed by atoms with Gasteiger partial charge in [-0.15, -0.1) is 0 Å². The molecule has 6 heteroatoms. The average molecular weight is 299 g/mol. The maximum Gasteiger partial charge on any atom is 0.422 e. The number of para-hydroxylation sites is 1. The van der Waals surface area contributed by atoms with E-state index in [-0.39, 0.29) is 17.1 Å². The average Bonchev–Trinajstić information content (AvgIpc) is 2.35. The molecule has 1 N–H and O–H groups in total. The van der Waals surface area contributed by atoms with E-state index in [1.165, 1.54) is 12.1 Å². The number of aromatic nitrogens is 1. The lowest BCUT2D eigenvalue weighted by atomic mass is 9.99. The number of alkyl halides is 3. The van der Waals surface area contributed by atoms with Crippen LogP contribution >= 0.6 is 0 Å². The molecule has 0 bridgehead atoms. The molecule has 0 atom stereocenters. The Bertz CT molecular complexity index is 717. The lowest BCUT2D eigenvalue weighted by Gasteiger charge is -2.14. The van der Waals surface area contributed by atoms with E-state index in [9.17, 15) is 18.0 Å². The van der Waals surface area contributed by atoms with Crippen LogP contribution in [-0.2, 0) is 0 Å². The monoisotopic (exact) mass is 299 g/mol. The Balaban J connectivity index is 2.59. The first-order valence-electron chi connectivity index (χ1n) is 6.55. The molecular weight excluding hydrogens is 283 g/mol. The summed E-state index contributed by atoms with van der Waals surface area (Å²) >= 11 is 0. The van der Waals surface area contributed by atoms with Gasteiger partial charge in [0.1, 0.15) is 5.75 Å². The fraction of sp³-hybridized carbons (Fsp3) is 0.400. The van der Waals surface area contributed by atoms with Crippen LogP contribution in [0.4, 0.5) is 13.2 Å². The van der Waals surface area contributed by atoms with Crippen molar-refractivity contribution >= 4 is 10.9 Å². The van der Waals surface area contributed by atoms with Gasteiger partial charge in [0.15, 0.2) is 12.0 Å². The Labute approximate surface area is 119 Å². The highest BCUT2D eigenvalue weighted by atomic mass is 19.4. The molecule has 0 amide bonds. The highest BCUT2D eigenvalue weighted by Gasteiger charge is 2.29. The van der Waals surface area contributed by atoms with Crippen LogP contribution in [0.3, 0.4) is 0 Å². The maximum atomic E-state index is 12.4. The highest BCUT2D eigenvalue weighted by Crippen LogP contribution is 2.26. The number of aromatic amines is 1. The van der Waals surface area contributed by atoms with Crippen molar-refractivity contribution in [2.24, 2.45) is 0 Å². The number of nitrogens with one attached hydrogen (secondary N) is 1. The van der Waals surface area contributed by atoms with E-state index in [0.29, 0.717) is 22.2 Å². The number of H-pyrrole nitrogens is 1. The number of pyridine rings is 1. The van der Waals surface area contributed by atoms with Crippen molar-refractivity contribution in [1.82, 2.24) is 4.98 Å². The van der Waals surface area contributed by atoms with Gasteiger partial charge in [-0.1, -0.05) is 19.9 Å². The third kappa shape index (κ3) is 3.20. The molecule has 0 radical (unpaired) electrons. The van der Waals surface area contributed by atoms with Crippen molar-refractivity contribution in [2.75, 3.05) is 6.61 Å².